The van der Waals surface area contributed by atoms with Crippen molar-refractivity contribution in [2.45, 2.75) is 26.7 Å². The van der Waals surface area contributed by atoms with Gasteiger partial charge < -0.3 is 0 Å². The number of aromatic nitrogens is 2. The van der Waals surface area contributed by atoms with Crippen molar-refractivity contribution in [1.29, 1.82) is 0 Å². The maximum Gasteiger partial charge on any atom is 0.0648 e. The summed E-state index contributed by atoms with van der Waals surface area (Å²) in [7, 11) is 0. The molecule has 2 nitrogen and oxygen atoms in total. The number of rotatable bonds is 3. The fourth-order valence-corrected chi connectivity index (χ4v) is 1.79. The Kier molecular flexibility index (Phi) is 2.86. The molecule has 1 heterocycles. The lowest BCUT2D eigenvalue weighted by atomic mass is 10.2. The molecule has 2 aromatic rings. The second-order valence-electron chi connectivity index (χ2n) is 3.77. The largest absolute Gasteiger partial charge is 0.238 e. The predicted octanol–water partition coefficient (Wildman–Crippen LogP) is 3.13. The number of aryl methyl sites for hydroxylation is 1. The van der Waals surface area contributed by atoms with E-state index >= 15 is 0 Å². The van der Waals surface area contributed by atoms with Gasteiger partial charge in [0.2, 0.25) is 0 Å². The first-order valence-corrected chi connectivity index (χ1v) is 5.42. The predicted molar refractivity (Wildman–Crippen MR) is 62.3 cm³/mol. The lowest BCUT2D eigenvalue weighted by molar-refractivity contribution is 0.772. The van der Waals surface area contributed by atoms with Crippen LogP contribution in [0, 0.1) is 6.92 Å². The molecule has 2 rings (SSSR count). The smallest absolute Gasteiger partial charge is 0.0648 e. The van der Waals surface area contributed by atoms with Gasteiger partial charge in [0.15, 0.2) is 0 Å². The van der Waals surface area contributed by atoms with Crippen LogP contribution in [0.3, 0.4) is 0 Å². The molecular formula is C13H16N2. The normalized spacial score (nSPS) is 10.5. The second kappa shape index (κ2) is 4.30. The Morgan fingerprint density at radius 2 is 1.93 bits per heavy atom. The Morgan fingerprint density at radius 3 is 2.60 bits per heavy atom. The van der Waals surface area contributed by atoms with Crippen molar-refractivity contribution in [2.75, 3.05) is 0 Å². The van der Waals surface area contributed by atoms with Gasteiger partial charge in [-0.1, -0.05) is 31.5 Å². The van der Waals surface area contributed by atoms with E-state index in [0.717, 1.165) is 18.5 Å². The highest BCUT2D eigenvalue weighted by molar-refractivity contribution is 5.34. The van der Waals surface area contributed by atoms with E-state index in [0.29, 0.717) is 0 Å². The molecule has 0 aliphatic heterocycles. The first-order valence-electron chi connectivity index (χ1n) is 5.42. The molecule has 0 spiro atoms. The molecule has 0 saturated heterocycles. The zero-order chi connectivity index (χ0) is 10.7. The summed E-state index contributed by atoms with van der Waals surface area (Å²) in [5.74, 6) is 0. The van der Waals surface area contributed by atoms with Crippen molar-refractivity contribution in [3.8, 4) is 5.69 Å². The number of hydrogen-bond donors (Lipinski definition) is 0. The SMILES string of the molecule is CCCc1c(C)cnn1-c1ccccc1. The van der Waals surface area contributed by atoms with Gasteiger partial charge in [-0.15, -0.1) is 0 Å². The van der Waals surface area contributed by atoms with Crippen molar-refractivity contribution in [1.82, 2.24) is 9.78 Å². The Morgan fingerprint density at radius 1 is 1.20 bits per heavy atom. The van der Waals surface area contributed by atoms with Crippen LogP contribution >= 0.6 is 0 Å². The Hall–Kier alpha value is -1.57. The fourth-order valence-electron chi connectivity index (χ4n) is 1.79. The summed E-state index contributed by atoms with van der Waals surface area (Å²) >= 11 is 0. The fraction of sp³-hybridized carbons (Fsp3) is 0.308. The second-order valence-corrected chi connectivity index (χ2v) is 3.77. The van der Waals surface area contributed by atoms with Crippen molar-refractivity contribution in [2.24, 2.45) is 0 Å². The van der Waals surface area contributed by atoms with Crippen LogP contribution in [0.4, 0.5) is 0 Å². The number of hydrogen-bond acceptors (Lipinski definition) is 1. The van der Waals surface area contributed by atoms with E-state index in [1.54, 1.807) is 0 Å². The van der Waals surface area contributed by atoms with E-state index in [9.17, 15) is 0 Å². The summed E-state index contributed by atoms with van der Waals surface area (Å²) < 4.78 is 2.04. The van der Waals surface area contributed by atoms with E-state index in [-0.39, 0.29) is 0 Å². The molecule has 0 radical (unpaired) electrons. The Labute approximate surface area is 90.6 Å². The summed E-state index contributed by atoms with van der Waals surface area (Å²) in [4.78, 5) is 0. The van der Waals surface area contributed by atoms with Gasteiger partial charge in [0.05, 0.1) is 11.9 Å². The highest BCUT2D eigenvalue weighted by Crippen LogP contribution is 2.15. The van der Waals surface area contributed by atoms with Gasteiger partial charge in [0.25, 0.3) is 0 Å². The summed E-state index contributed by atoms with van der Waals surface area (Å²) in [5.41, 5.74) is 3.75. The molecule has 0 atom stereocenters. The average molecular weight is 200 g/mol. The molecular weight excluding hydrogens is 184 g/mol. The molecule has 0 unspecified atom stereocenters. The molecule has 0 fully saturated rings. The molecule has 1 aromatic carbocycles. The van der Waals surface area contributed by atoms with Crippen LogP contribution in [0.5, 0.6) is 0 Å². The van der Waals surface area contributed by atoms with Crippen LogP contribution in [0.25, 0.3) is 5.69 Å². The van der Waals surface area contributed by atoms with Crippen LogP contribution in [-0.2, 0) is 6.42 Å². The maximum atomic E-state index is 4.42. The molecule has 0 N–H and O–H groups in total. The minimum Gasteiger partial charge on any atom is -0.238 e. The van der Waals surface area contributed by atoms with Gasteiger partial charge in [-0.05, 0) is 31.0 Å². The summed E-state index contributed by atoms with van der Waals surface area (Å²) in [6, 6.07) is 10.3. The quantitative estimate of drug-likeness (QED) is 0.744. The monoisotopic (exact) mass is 200 g/mol. The molecule has 0 aliphatic carbocycles. The van der Waals surface area contributed by atoms with E-state index in [4.69, 9.17) is 0 Å². The highest BCUT2D eigenvalue weighted by Gasteiger charge is 2.07. The zero-order valence-corrected chi connectivity index (χ0v) is 9.27. The van der Waals surface area contributed by atoms with Gasteiger partial charge >= 0.3 is 0 Å². The van der Waals surface area contributed by atoms with Crippen molar-refractivity contribution in [3.05, 3.63) is 47.8 Å². The lowest BCUT2D eigenvalue weighted by Crippen LogP contribution is -2.02. The van der Waals surface area contributed by atoms with E-state index in [1.165, 1.54) is 11.3 Å². The van der Waals surface area contributed by atoms with Crippen LogP contribution in [0.15, 0.2) is 36.5 Å². The van der Waals surface area contributed by atoms with Crippen LogP contribution in [0.1, 0.15) is 24.6 Å². The van der Waals surface area contributed by atoms with Crippen LogP contribution in [-0.4, -0.2) is 9.78 Å². The van der Waals surface area contributed by atoms with Crippen LogP contribution < -0.4 is 0 Å². The first kappa shape index (κ1) is 9.97. The minimum atomic E-state index is 1.08. The summed E-state index contributed by atoms with van der Waals surface area (Å²) in [5, 5.41) is 4.42. The number of para-hydroxylation sites is 1. The third-order valence-electron chi connectivity index (χ3n) is 2.57. The molecule has 0 saturated carbocycles. The van der Waals surface area contributed by atoms with Crippen molar-refractivity contribution >= 4 is 0 Å². The van der Waals surface area contributed by atoms with Gasteiger partial charge in [-0.2, -0.15) is 5.10 Å². The first-order chi connectivity index (χ1) is 7.33. The topological polar surface area (TPSA) is 17.8 Å². The average Bonchev–Trinajstić information content (AvgIpc) is 2.63. The molecule has 1 aromatic heterocycles. The molecule has 15 heavy (non-hydrogen) atoms. The molecule has 0 bridgehead atoms. The Balaban J connectivity index is 2.44. The number of benzene rings is 1. The van der Waals surface area contributed by atoms with Crippen molar-refractivity contribution in [3.63, 3.8) is 0 Å². The summed E-state index contributed by atoms with van der Waals surface area (Å²) in [6.07, 6.45) is 4.18. The molecule has 78 valence electrons. The zero-order valence-electron chi connectivity index (χ0n) is 9.27. The van der Waals surface area contributed by atoms with Gasteiger partial charge in [0.1, 0.15) is 0 Å². The third kappa shape index (κ3) is 1.94. The Bertz CT molecular complexity index is 429. The molecule has 0 aliphatic rings. The lowest BCUT2D eigenvalue weighted by Gasteiger charge is -2.07. The van der Waals surface area contributed by atoms with E-state index in [1.807, 2.05) is 29.1 Å². The van der Waals surface area contributed by atoms with Gasteiger partial charge in [-0.3, -0.25) is 0 Å². The summed E-state index contributed by atoms with van der Waals surface area (Å²) in [6.45, 7) is 4.32. The highest BCUT2D eigenvalue weighted by atomic mass is 15.3. The minimum absolute atomic E-state index is 1.08. The number of nitrogens with zero attached hydrogens (tertiary/aromatic N) is 2. The third-order valence-corrected chi connectivity index (χ3v) is 2.57. The van der Waals surface area contributed by atoms with E-state index < -0.39 is 0 Å². The van der Waals surface area contributed by atoms with Crippen LogP contribution in [0.2, 0.25) is 0 Å². The standard InChI is InChI=1S/C13H16N2/c1-3-7-13-11(2)10-14-15(13)12-8-5-4-6-9-12/h4-6,8-10H,3,7H2,1-2H3. The van der Waals surface area contributed by atoms with E-state index in [2.05, 4.69) is 31.1 Å². The molecule has 0 amide bonds. The van der Waals surface area contributed by atoms with Gasteiger partial charge in [0, 0.05) is 5.69 Å². The molecule has 2 heteroatoms. The maximum absolute atomic E-state index is 4.42. The van der Waals surface area contributed by atoms with Gasteiger partial charge in [-0.25, -0.2) is 4.68 Å². The van der Waals surface area contributed by atoms with Crippen molar-refractivity contribution < 1.29 is 0 Å².